The van der Waals surface area contributed by atoms with Crippen molar-refractivity contribution in [1.29, 1.82) is 0 Å². The molecule has 32 heavy (non-hydrogen) atoms. The van der Waals surface area contributed by atoms with E-state index in [1.165, 1.54) is 19.3 Å². The van der Waals surface area contributed by atoms with E-state index in [-0.39, 0.29) is 27.9 Å². The van der Waals surface area contributed by atoms with Crippen LogP contribution < -0.4 is 20.1 Å². The third kappa shape index (κ3) is 4.80. The van der Waals surface area contributed by atoms with Gasteiger partial charge in [-0.2, -0.15) is 0 Å². The van der Waals surface area contributed by atoms with Crippen molar-refractivity contribution >= 4 is 69.2 Å². The average Bonchev–Trinajstić information content (AvgIpc) is 2.72. The molecular formula is C18H11IN4O8S. The lowest BCUT2D eigenvalue weighted by Crippen LogP contribution is -2.51. The van der Waals surface area contributed by atoms with E-state index in [2.05, 4.69) is 10.6 Å². The molecule has 0 aliphatic carbocycles. The number of nitro benzene ring substituents is 2. The number of rotatable bonds is 6. The molecule has 14 heteroatoms. The number of ether oxygens (including phenoxy) is 2. The zero-order valence-corrected chi connectivity index (χ0v) is 18.9. The molecule has 0 radical (unpaired) electrons. The number of halogens is 1. The number of carbonyl (C=O) groups is 2. The highest BCUT2D eigenvalue weighted by molar-refractivity contribution is 14.1. The van der Waals surface area contributed by atoms with Gasteiger partial charge in [-0.05, 0) is 64.6 Å². The Bertz CT molecular complexity index is 1210. The van der Waals surface area contributed by atoms with Gasteiger partial charge in [-0.1, -0.05) is 0 Å². The van der Waals surface area contributed by atoms with Gasteiger partial charge in [0.2, 0.25) is 5.75 Å². The van der Waals surface area contributed by atoms with Gasteiger partial charge >= 0.3 is 5.69 Å². The van der Waals surface area contributed by atoms with E-state index in [9.17, 15) is 29.8 Å². The van der Waals surface area contributed by atoms with Crippen LogP contribution in [0.2, 0.25) is 0 Å². The fourth-order valence-corrected chi connectivity index (χ4v) is 3.57. The molecule has 2 aromatic carbocycles. The lowest BCUT2D eigenvalue weighted by Gasteiger charge is -2.17. The van der Waals surface area contributed by atoms with Crippen LogP contribution in [0.5, 0.6) is 17.2 Å². The van der Waals surface area contributed by atoms with E-state index in [0.29, 0.717) is 9.13 Å². The molecule has 0 unspecified atom stereocenters. The van der Waals surface area contributed by atoms with Crippen LogP contribution in [0.4, 0.5) is 11.4 Å². The number of thiocarbonyl (C=S) groups is 1. The van der Waals surface area contributed by atoms with E-state index < -0.39 is 33.0 Å². The van der Waals surface area contributed by atoms with Crippen LogP contribution in [0.25, 0.3) is 6.08 Å². The fraction of sp³-hybridized carbons (Fsp3) is 0.0556. The van der Waals surface area contributed by atoms with Gasteiger partial charge in [-0.15, -0.1) is 0 Å². The summed E-state index contributed by atoms with van der Waals surface area (Å²) in [4.78, 5) is 44.8. The molecule has 1 saturated heterocycles. The smallest absolute Gasteiger partial charge is 0.318 e. The molecule has 0 saturated carbocycles. The number of benzene rings is 2. The standard InChI is InChI=1S/C18H11IN4O8S/c1-30-14-6-8(4-10-16(24)20-18(32)21-17(10)25)5-11(19)15(14)31-13-3-2-9(22(26)27)7-12(13)23(28)29/h2-7H,1H3,(H2,20,21,24,25,32). The van der Waals surface area contributed by atoms with Crippen LogP contribution in [0.1, 0.15) is 5.56 Å². The second kappa shape index (κ2) is 9.23. The minimum atomic E-state index is -0.800. The summed E-state index contributed by atoms with van der Waals surface area (Å²) in [5.74, 6) is -1.33. The van der Waals surface area contributed by atoms with Crippen LogP contribution in [0.15, 0.2) is 35.9 Å². The minimum absolute atomic E-state index is 0.0993. The molecule has 1 aliphatic heterocycles. The van der Waals surface area contributed by atoms with Gasteiger partial charge in [0.05, 0.1) is 26.6 Å². The Morgan fingerprint density at radius 3 is 2.25 bits per heavy atom. The van der Waals surface area contributed by atoms with Gasteiger partial charge in [0, 0.05) is 6.07 Å². The zero-order chi connectivity index (χ0) is 23.6. The number of non-ortho nitro benzene ring substituents is 1. The van der Waals surface area contributed by atoms with Crippen LogP contribution in [-0.2, 0) is 9.59 Å². The first-order chi connectivity index (χ1) is 15.1. The quantitative estimate of drug-likeness (QED) is 0.133. The van der Waals surface area contributed by atoms with Crippen LogP contribution in [0, 0.1) is 23.8 Å². The molecule has 1 aliphatic rings. The molecule has 0 spiro atoms. The van der Waals surface area contributed by atoms with Crippen molar-refractivity contribution in [3.63, 3.8) is 0 Å². The summed E-state index contributed by atoms with van der Waals surface area (Å²) in [7, 11) is 1.33. The predicted molar refractivity (Wildman–Crippen MR) is 122 cm³/mol. The summed E-state index contributed by atoms with van der Waals surface area (Å²) in [6.07, 6.45) is 1.31. The first-order valence-electron chi connectivity index (χ1n) is 8.47. The lowest BCUT2D eigenvalue weighted by molar-refractivity contribution is -0.394. The summed E-state index contributed by atoms with van der Waals surface area (Å²) in [6, 6.07) is 5.98. The SMILES string of the molecule is COc1cc(C=C2C(=O)NC(=S)NC2=O)cc(I)c1Oc1ccc([N+](=O)[O-])cc1[N+](=O)[O-]. The zero-order valence-electron chi connectivity index (χ0n) is 15.9. The number of amides is 2. The van der Waals surface area contributed by atoms with Crippen molar-refractivity contribution in [1.82, 2.24) is 10.6 Å². The number of carbonyl (C=O) groups excluding carboxylic acids is 2. The van der Waals surface area contributed by atoms with Crippen molar-refractivity contribution in [2.45, 2.75) is 0 Å². The molecule has 2 aromatic rings. The van der Waals surface area contributed by atoms with Crippen molar-refractivity contribution in [3.05, 3.63) is 65.3 Å². The Balaban J connectivity index is 2.02. The largest absolute Gasteiger partial charge is 0.493 e. The predicted octanol–water partition coefficient (Wildman–Crippen LogP) is 2.82. The van der Waals surface area contributed by atoms with Gasteiger partial charge in [0.25, 0.3) is 17.5 Å². The Kier molecular flexibility index (Phi) is 6.64. The number of methoxy groups -OCH3 is 1. The van der Waals surface area contributed by atoms with Crippen LogP contribution >= 0.6 is 34.8 Å². The Hall–Kier alpha value is -3.66. The molecule has 0 aromatic heterocycles. The second-order valence-corrected chi connectivity index (χ2v) is 7.67. The number of nitrogens with one attached hydrogen (secondary N) is 2. The van der Waals surface area contributed by atoms with Gasteiger partial charge in [0.1, 0.15) is 5.57 Å². The molecule has 0 bridgehead atoms. The molecule has 0 atom stereocenters. The molecule has 2 N–H and O–H groups in total. The lowest BCUT2D eigenvalue weighted by atomic mass is 10.1. The van der Waals surface area contributed by atoms with E-state index in [1.54, 1.807) is 6.07 Å². The second-order valence-electron chi connectivity index (χ2n) is 6.10. The Morgan fingerprint density at radius 2 is 1.69 bits per heavy atom. The molecule has 3 rings (SSSR count). The maximum atomic E-state index is 12.0. The topological polar surface area (TPSA) is 163 Å². The number of nitro groups is 2. The minimum Gasteiger partial charge on any atom is -0.493 e. The monoisotopic (exact) mass is 570 g/mol. The molecular weight excluding hydrogens is 559 g/mol. The summed E-state index contributed by atoms with van der Waals surface area (Å²) in [5, 5.41) is 26.8. The van der Waals surface area contributed by atoms with Crippen molar-refractivity contribution < 1.29 is 28.9 Å². The van der Waals surface area contributed by atoms with Crippen LogP contribution in [-0.4, -0.2) is 33.9 Å². The van der Waals surface area contributed by atoms with E-state index >= 15 is 0 Å². The highest BCUT2D eigenvalue weighted by Crippen LogP contribution is 2.41. The summed E-state index contributed by atoms with van der Waals surface area (Å²) in [6.45, 7) is 0. The first-order valence-corrected chi connectivity index (χ1v) is 9.96. The molecule has 2 amide bonds. The van der Waals surface area contributed by atoms with E-state index in [1.807, 2.05) is 22.6 Å². The molecule has 164 valence electrons. The van der Waals surface area contributed by atoms with Crippen LogP contribution in [0.3, 0.4) is 0 Å². The van der Waals surface area contributed by atoms with E-state index in [4.69, 9.17) is 21.7 Å². The van der Waals surface area contributed by atoms with Gasteiger partial charge in [0.15, 0.2) is 16.6 Å². The Morgan fingerprint density at radius 1 is 1.03 bits per heavy atom. The summed E-state index contributed by atoms with van der Waals surface area (Å²) in [5.41, 5.74) is -0.841. The van der Waals surface area contributed by atoms with Crippen molar-refractivity contribution in [3.8, 4) is 17.2 Å². The molecule has 12 nitrogen and oxygen atoms in total. The molecule has 1 heterocycles. The number of hydrogen-bond acceptors (Lipinski definition) is 9. The Labute approximate surface area is 198 Å². The normalized spacial score (nSPS) is 13.2. The van der Waals surface area contributed by atoms with Gasteiger partial charge in [-0.25, -0.2) is 0 Å². The third-order valence-corrected chi connectivity index (χ3v) is 5.07. The fourth-order valence-electron chi connectivity index (χ4n) is 2.65. The highest BCUT2D eigenvalue weighted by atomic mass is 127. The van der Waals surface area contributed by atoms with Gasteiger partial charge in [-0.3, -0.25) is 40.5 Å². The summed E-state index contributed by atoms with van der Waals surface area (Å²) >= 11 is 6.64. The summed E-state index contributed by atoms with van der Waals surface area (Å²) < 4.78 is 11.4. The highest BCUT2D eigenvalue weighted by Gasteiger charge is 2.27. The number of hydrogen-bond donors (Lipinski definition) is 2. The van der Waals surface area contributed by atoms with E-state index in [0.717, 1.165) is 18.2 Å². The number of nitrogens with zero attached hydrogens (tertiary/aromatic N) is 2. The average molecular weight is 570 g/mol. The van der Waals surface area contributed by atoms with Crippen molar-refractivity contribution in [2.75, 3.05) is 7.11 Å². The maximum Gasteiger partial charge on any atom is 0.318 e. The molecule has 1 fully saturated rings. The van der Waals surface area contributed by atoms with Crippen molar-refractivity contribution in [2.24, 2.45) is 0 Å². The maximum absolute atomic E-state index is 12.0. The first kappa shape index (κ1) is 23.0. The third-order valence-electron chi connectivity index (χ3n) is 4.07. The van der Waals surface area contributed by atoms with Gasteiger partial charge < -0.3 is 9.47 Å².